The fourth-order valence-corrected chi connectivity index (χ4v) is 4.04. The maximum absolute atomic E-state index is 13.9. The molecule has 3 rings (SSSR count). The van der Waals surface area contributed by atoms with Crippen LogP contribution in [0.5, 0.6) is 0 Å². The van der Waals surface area contributed by atoms with Crippen LogP contribution in [0, 0.1) is 5.82 Å². The van der Waals surface area contributed by atoms with Crippen LogP contribution in [0.2, 0.25) is 10.0 Å². The molecule has 0 saturated heterocycles. The minimum atomic E-state index is -0.521. The van der Waals surface area contributed by atoms with E-state index in [-0.39, 0.29) is 17.3 Å². The third kappa shape index (κ3) is 5.39. The van der Waals surface area contributed by atoms with E-state index in [4.69, 9.17) is 23.2 Å². The van der Waals surface area contributed by atoms with Crippen LogP contribution in [0.25, 0.3) is 11.4 Å². The summed E-state index contributed by atoms with van der Waals surface area (Å²) in [6, 6.07) is 9.51. The molecule has 0 fully saturated rings. The molecular formula is C19H14BrCl2FN4OS. The van der Waals surface area contributed by atoms with Crippen molar-refractivity contribution >= 4 is 62.5 Å². The van der Waals surface area contributed by atoms with Gasteiger partial charge < -0.3 is 5.32 Å². The van der Waals surface area contributed by atoms with Crippen molar-refractivity contribution in [2.75, 3.05) is 11.1 Å². The van der Waals surface area contributed by atoms with E-state index in [0.29, 0.717) is 37.6 Å². The number of carbonyl (C=O) groups excluding carboxylic acids is 1. The number of hydrogen-bond donors (Lipinski definition) is 1. The van der Waals surface area contributed by atoms with Gasteiger partial charge in [-0.1, -0.05) is 57.0 Å². The predicted molar refractivity (Wildman–Crippen MR) is 119 cm³/mol. The largest absolute Gasteiger partial charge is 0.323 e. The van der Waals surface area contributed by atoms with E-state index in [2.05, 4.69) is 38.0 Å². The first-order chi connectivity index (χ1) is 13.9. The Morgan fingerprint density at radius 1 is 1.28 bits per heavy atom. The monoisotopic (exact) mass is 514 g/mol. The van der Waals surface area contributed by atoms with Gasteiger partial charge in [0, 0.05) is 21.6 Å². The summed E-state index contributed by atoms with van der Waals surface area (Å²) in [7, 11) is 0. The van der Waals surface area contributed by atoms with Crippen LogP contribution in [-0.2, 0) is 11.3 Å². The van der Waals surface area contributed by atoms with Crippen LogP contribution < -0.4 is 5.32 Å². The maximum Gasteiger partial charge on any atom is 0.234 e. The second kappa shape index (κ2) is 9.75. The molecule has 5 nitrogen and oxygen atoms in total. The van der Waals surface area contributed by atoms with E-state index in [1.54, 1.807) is 34.9 Å². The van der Waals surface area contributed by atoms with Gasteiger partial charge in [0.05, 0.1) is 16.5 Å². The third-order valence-corrected chi connectivity index (χ3v) is 5.75. The lowest BCUT2D eigenvalue weighted by atomic mass is 10.2. The maximum atomic E-state index is 13.9. The van der Waals surface area contributed by atoms with E-state index < -0.39 is 5.82 Å². The molecule has 10 heteroatoms. The molecular weight excluding hydrogens is 502 g/mol. The van der Waals surface area contributed by atoms with Crippen LogP contribution in [0.4, 0.5) is 10.1 Å². The number of rotatable bonds is 7. The second-order valence-corrected chi connectivity index (χ2v) is 8.49. The summed E-state index contributed by atoms with van der Waals surface area (Å²) in [5.74, 6) is -0.324. The molecule has 0 spiro atoms. The van der Waals surface area contributed by atoms with Gasteiger partial charge in [0.15, 0.2) is 11.0 Å². The molecule has 3 aromatic rings. The van der Waals surface area contributed by atoms with Gasteiger partial charge >= 0.3 is 0 Å². The summed E-state index contributed by atoms with van der Waals surface area (Å²) in [6.45, 7) is 4.17. The van der Waals surface area contributed by atoms with Gasteiger partial charge in [-0.05, 0) is 36.4 Å². The molecule has 0 unspecified atom stereocenters. The second-order valence-electron chi connectivity index (χ2n) is 5.79. The number of anilines is 1. The van der Waals surface area contributed by atoms with E-state index in [1.165, 1.54) is 23.9 Å². The first-order valence-electron chi connectivity index (χ1n) is 8.26. The van der Waals surface area contributed by atoms with Gasteiger partial charge in [0.1, 0.15) is 5.82 Å². The number of nitrogens with zero attached hydrogens (tertiary/aromatic N) is 3. The van der Waals surface area contributed by atoms with Crippen molar-refractivity contribution in [1.82, 2.24) is 14.8 Å². The molecule has 0 aliphatic heterocycles. The SMILES string of the molecule is C=CCn1c(SCC(=O)Nc2ccc(Br)cc2F)nnc1-c1ccc(Cl)cc1Cl. The average Bonchev–Trinajstić information content (AvgIpc) is 3.05. The molecule has 0 bridgehead atoms. The van der Waals surface area contributed by atoms with Crippen molar-refractivity contribution in [1.29, 1.82) is 0 Å². The summed E-state index contributed by atoms with van der Waals surface area (Å²) >= 11 is 16.6. The minimum absolute atomic E-state index is 0.0269. The Hall–Kier alpha value is -1.87. The Morgan fingerprint density at radius 2 is 2.07 bits per heavy atom. The van der Waals surface area contributed by atoms with Gasteiger partial charge in [-0.3, -0.25) is 9.36 Å². The first kappa shape index (κ1) is 21.8. The molecule has 0 atom stereocenters. The van der Waals surface area contributed by atoms with E-state index >= 15 is 0 Å². The molecule has 2 aromatic carbocycles. The standard InChI is InChI=1S/C19H14BrCl2FN4OS/c1-2-7-27-18(13-5-4-12(21)9-14(13)22)25-26-19(27)29-10-17(28)24-16-6-3-11(20)8-15(16)23/h2-6,8-9H,1,7,10H2,(H,24,28). The fraction of sp³-hybridized carbons (Fsp3) is 0.105. The Kier molecular flexibility index (Phi) is 7.34. The number of amides is 1. The van der Waals surface area contributed by atoms with Crippen molar-refractivity contribution in [3.05, 3.63) is 69.4 Å². The van der Waals surface area contributed by atoms with Gasteiger partial charge in [-0.15, -0.1) is 16.8 Å². The number of hydrogen-bond acceptors (Lipinski definition) is 4. The van der Waals surface area contributed by atoms with Gasteiger partial charge in [-0.2, -0.15) is 0 Å². The van der Waals surface area contributed by atoms with Gasteiger partial charge in [-0.25, -0.2) is 4.39 Å². The zero-order chi connectivity index (χ0) is 21.0. The Morgan fingerprint density at radius 3 is 2.76 bits per heavy atom. The molecule has 1 N–H and O–H groups in total. The smallest absolute Gasteiger partial charge is 0.234 e. The van der Waals surface area contributed by atoms with Crippen molar-refractivity contribution in [2.24, 2.45) is 0 Å². The highest BCUT2D eigenvalue weighted by molar-refractivity contribution is 9.10. The van der Waals surface area contributed by atoms with E-state index in [9.17, 15) is 9.18 Å². The summed E-state index contributed by atoms with van der Waals surface area (Å²) in [5.41, 5.74) is 0.777. The Labute approximate surface area is 189 Å². The lowest BCUT2D eigenvalue weighted by Crippen LogP contribution is -2.15. The topological polar surface area (TPSA) is 59.8 Å². The van der Waals surface area contributed by atoms with Crippen LogP contribution in [-0.4, -0.2) is 26.4 Å². The van der Waals surface area contributed by atoms with Gasteiger partial charge in [0.2, 0.25) is 5.91 Å². The molecule has 0 radical (unpaired) electrons. The fourth-order valence-electron chi connectivity index (χ4n) is 2.47. The number of halogens is 4. The number of carbonyl (C=O) groups is 1. The highest BCUT2D eigenvalue weighted by atomic mass is 79.9. The highest BCUT2D eigenvalue weighted by Crippen LogP contribution is 2.31. The summed E-state index contributed by atoms with van der Waals surface area (Å²) in [4.78, 5) is 12.2. The number of allylic oxidation sites excluding steroid dienone is 1. The zero-order valence-corrected chi connectivity index (χ0v) is 18.7. The number of thioether (sulfide) groups is 1. The number of benzene rings is 2. The summed E-state index contributed by atoms with van der Waals surface area (Å²) in [6.07, 6.45) is 1.69. The zero-order valence-electron chi connectivity index (χ0n) is 14.8. The third-order valence-electron chi connectivity index (χ3n) is 3.74. The van der Waals surface area contributed by atoms with Crippen molar-refractivity contribution in [3.63, 3.8) is 0 Å². The molecule has 0 aliphatic rings. The normalized spacial score (nSPS) is 10.8. The van der Waals surface area contributed by atoms with E-state index in [0.717, 1.165) is 0 Å². The average molecular weight is 516 g/mol. The minimum Gasteiger partial charge on any atom is -0.323 e. The summed E-state index contributed by atoms with van der Waals surface area (Å²) in [5, 5.41) is 12.4. The Bertz CT molecular complexity index is 1080. The van der Waals surface area contributed by atoms with Gasteiger partial charge in [0.25, 0.3) is 0 Å². The molecule has 0 aliphatic carbocycles. The molecule has 1 aromatic heterocycles. The molecule has 150 valence electrons. The summed E-state index contributed by atoms with van der Waals surface area (Å²) < 4.78 is 16.3. The van der Waals surface area contributed by atoms with E-state index in [1.807, 2.05) is 0 Å². The van der Waals surface area contributed by atoms with Crippen LogP contribution in [0.3, 0.4) is 0 Å². The van der Waals surface area contributed by atoms with Crippen LogP contribution in [0.1, 0.15) is 0 Å². The van der Waals surface area contributed by atoms with Crippen molar-refractivity contribution in [2.45, 2.75) is 11.7 Å². The quantitative estimate of drug-likeness (QED) is 0.306. The van der Waals surface area contributed by atoms with Crippen molar-refractivity contribution in [3.8, 4) is 11.4 Å². The highest BCUT2D eigenvalue weighted by Gasteiger charge is 2.17. The van der Waals surface area contributed by atoms with Crippen LogP contribution >= 0.6 is 50.9 Å². The predicted octanol–water partition coefficient (Wildman–Crippen LogP) is 6.07. The molecule has 1 heterocycles. The number of aromatic nitrogens is 3. The van der Waals surface area contributed by atoms with Crippen LogP contribution in [0.15, 0.2) is 58.7 Å². The lowest BCUT2D eigenvalue weighted by molar-refractivity contribution is -0.113. The molecule has 0 saturated carbocycles. The number of nitrogens with one attached hydrogen (secondary N) is 1. The lowest BCUT2D eigenvalue weighted by Gasteiger charge is -2.09. The van der Waals surface area contributed by atoms with Crippen molar-refractivity contribution < 1.29 is 9.18 Å². The molecule has 1 amide bonds. The molecule has 29 heavy (non-hydrogen) atoms. The first-order valence-corrected chi connectivity index (χ1v) is 10.8. The Balaban J connectivity index is 1.76.